The molecule has 1 unspecified atom stereocenters. The predicted octanol–water partition coefficient (Wildman–Crippen LogP) is -0.841. The minimum Gasteiger partial charge on any atom is -0.330 e. The Balaban J connectivity index is 2.15. The normalized spacial score (nSPS) is 22.5. The zero-order chi connectivity index (χ0) is 7.23. The van der Waals surface area contributed by atoms with Crippen LogP contribution in [0.4, 0.5) is 0 Å². The molecule has 0 saturated carbocycles. The SMILES string of the molecule is NCCC1C[N]CCNC1. The van der Waals surface area contributed by atoms with Crippen LogP contribution in [0.3, 0.4) is 0 Å². The molecule has 0 amide bonds. The van der Waals surface area contributed by atoms with Gasteiger partial charge in [0.25, 0.3) is 0 Å². The Bertz CT molecular complexity index is 76.9. The van der Waals surface area contributed by atoms with Crippen molar-refractivity contribution >= 4 is 0 Å². The molecule has 0 bridgehead atoms. The highest BCUT2D eigenvalue weighted by molar-refractivity contribution is 4.69. The molecule has 1 aliphatic heterocycles. The van der Waals surface area contributed by atoms with Gasteiger partial charge < -0.3 is 11.1 Å². The van der Waals surface area contributed by atoms with Gasteiger partial charge in [-0.3, -0.25) is 0 Å². The van der Waals surface area contributed by atoms with Crippen molar-refractivity contribution in [3.05, 3.63) is 0 Å². The van der Waals surface area contributed by atoms with Gasteiger partial charge in [0.15, 0.2) is 0 Å². The van der Waals surface area contributed by atoms with Gasteiger partial charge in [0.2, 0.25) is 0 Å². The summed E-state index contributed by atoms with van der Waals surface area (Å²) in [6.45, 7) is 4.91. The minimum absolute atomic E-state index is 0.687. The van der Waals surface area contributed by atoms with Crippen molar-refractivity contribution < 1.29 is 0 Å². The lowest BCUT2D eigenvalue weighted by Gasteiger charge is -2.10. The van der Waals surface area contributed by atoms with Crippen LogP contribution in [-0.2, 0) is 0 Å². The Morgan fingerprint density at radius 3 is 3.30 bits per heavy atom. The van der Waals surface area contributed by atoms with Crippen LogP contribution in [0.5, 0.6) is 0 Å². The van der Waals surface area contributed by atoms with E-state index in [0.717, 1.165) is 39.1 Å². The van der Waals surface area contributed by atoms with Crippen molar-refractivity contribution in [1.82, 2.24) is 10.6 Å². The summed E-state index contributed by atoms with van der Waals surface area (Å²) < 4.78 is 0. The van der Waals surface area contributed by atoms with Crippen molar-refractivity contribution in [2.75, 3.05) is 32.7 Å². The summed E-state index contributed by atoms with van der Waals surface area (Å²) in [7, 11) is 0. The molecule has 1 fully saturated rings. The molecule has 0 spiro atoms. The van der Waals surface area contributed by atoms with Gasteiger partial charge in [-0.2, -0.15) is 0 Å². The van der Waals surface area contributed by atoms with E-state index >= 15 is 0 Å². The number of nitrogens with one attached hydrogen (secondary N) is 1. The van der Waals surface area contributed by atoms with Gasteiger partial charge in [-0.15, -0.1) is 0 Å². The van der Waals surface area contributed by atoms with E-state index in [2.05, 4.69) is 10.6 Å². The van der Waals surface area contributed by atoms with Crippen LogP contribution in [0.25, 0.3) is 0 Å². The average molecular weight is 142 g/mol. The highest BCUT2D eigenvalue weighted by atomic mass is 15.0. The maximum absolute atomic E-state index is 5.44. The molecular formula is C7H16N3. The fourth-order valence-electron chi connectivity index (χ4n) is 1.23. The van der Waals surface area contributed by atoms with E-state index in [1.54, 1.807) is 0 Å². The first-order chi connectivity index (χ1) is 4.93. The van der Waals surface area contributed by atoms with E-state index in [1.807, 2.05) is 0 Å². The van der Waals surface area contributed by atoms with Crippen LogP contribution in [0.2, 0.25) is 0 Å². The summed E-state index contributed by atoms with van der Waals surface area (Å²) in [6, 6.07) is 0. The standard InChI is InChI=1S/C7H16N3/c8-2-1-7-5-9-3-4-10-6-7/h7,9H,1-6,8H2. The zero-order valence-corrected chi connectivity index (χ0v) is 6.34. The maximum Gasteiger partial charge on any atom is 0.0258 e. The molecule has 0 aromatic heterocycles. The Kier molecular flexibility index (Phi) is 3.72. The zero-order valence-electron chi connectivity index (χ0n) is 6.34. The summed E-state index contributed by atoms with van der Waals surface area (Å²) in [5.41, 5.74) is 5.44. The Labute approximate surface area is 62.4 Å². The highest BCUT2D eigenvalue weighted by Gasteiger charge is 2.09. The molecule has 1 heterocycles. The van der Waals surface area contributed by atoms with Crippen LogP contribution in [-0.4, -0.2) is 32.7 Å². The molecule has 1 radical (unpaired) electrons. The second-order valence-corrected chi connectivity index (χ2v) is 2.78. The molecular weight excluding hydrogens is 126 g/mol. The maximum atomic E-state index is 5.44. The molecule has 1 atom stereocenters. The second-order valence-electron chi connectivity index (χ2n) is 2.78. The minimum atomic E-state index is 0.687. The third kappa shape index (κ3) is 2.64. The van der Waals surface area contributed by atoms with Crippen LogP contribution in [0, 0.1) is 5.92 Å². The molecule has 0 aromatic carbocycles. The first kappa shape index (κ1) is 7.98. The summed E-state index contributed by atoms with van der Waals surface area (Å²) in [5, 5.41) is 7.69. The van der Waals surface area contributed by atoms with Gasteiger partial charge in [0.05, 0.1) is 0 Å². The third-order valence-corrected chi connectivity index (χ3v) is 1.84. The predicted molar refractivity (Wildman–Crippen MR) is 41.9 cm³/mol. The first-order valence-corrected chi connectivity index (χ1v) is 3.97. The Morgan fingerprint density at radius 2 is 2.50 bits per heavy atom. The van der Waals surface area contributed by atoms with Gasteiger partial charge >= 0.3 is 0 Å². The highest BCUT2D eigenvalue weighted by Crippen LogP contribution is 2.00. The van der Waals surface area contributed by atoms with Crippen molar-refractivity contribution in [3.63, 3.8) is 0 Å². The summed E-state index contributed by atoms with van der Waals surface area (Å²) >= 11 is 0. The van der Waals surface area contributed by atoms with Crippen molar-refractivity contribution in [3.8, 4) is 0 Å². The van der Waals surface area contributed by atoms with Crippen LogP contribution < -0.4 is 16.4 Å². The van der Waals surface area contributed by atoms with E-state index in [-0.39, 0.29) is 0 Å². The van der Waals surface area contributed by atoms with Gasteiger partial charge in [-0.1, -0.05) is 0 Å². The number of nitrogens with two attached hydrogens (primary N) is 1. The number of nitrogens with zero attached hydrogens (tertiary/aromatic N) is 1. The lowest BCUT2D eigenvalue weighted by Crippen LogP contribution is -2.24. The number of hydrogen-bond acceptors (Lipinski definition) is 2. The lowest BCUT2D eigenvalue weighted by molar-refractivity contribution is 0.468. The Hall–Kier alpha value is -0.120. The number of rotatable bonds is 2. The molecule has 1 saturated heterocycles. The van der Waals surface area contributed by atoms with Gasteiger partial charge in [0, 0.05) is 19.6 Å². The van der Waals surface area contributed by atoms with Gasteiger partial charge in [-0.25, -0.2) is 5.32 Å². The smallest absolute Gasteiger partial charge is 0.0258 e. The van der Waals surface area contributed by atoms with Crippen molar-refractivity contribution in [2.45, 2.75) is 6.42 Å². The first-order valence-electron chi connectivity index (χ1n) is 3.97. The molecule has 59 valence electrons. The van der Waals surface area contributed by atoms with Crippen LogP contribution in [0.1, 0.15) is 6.42 Å². The third-order valence-electron chi connectivity index (χ3n) is 1.84. The number of hydrogen-bond donors (Lipinski definition) is 2. The monoisotopic (exact) mass is 142 g/mol. The van der Waals surface area contributed by atoms with E-state index in [1.165, 1.54) is 0 Å². The molecule has 1 rings (SSSR count). The molecule has 3 heteroatoms. The van der Waals surface area contributed by atoms with E-state index in [0.29, 0.717) is 5.92 Å². The summed E-state index contributed by atoms with van der Waals surface area (Å²) in [5.74, 6) is 0.687. The van der Waals surface area contributed by atoms with Crippen molar-refractivity contribution in [2.24, 2.45) is 11.7 Å². The van der Waals surface area contributed by atoms with E-state index < -0.39 is 0 Å². The average Bonchev–Trinajstić information content (AvgIpc) is 2.17. The quantitative estimate of drug-likeness (QED) is 0.528. The van der Waals surface area contributed by atoms with Crippen LogP contribution >= 0.6 is 0 Å². The fourth-order valence-corrected chi connectivity index (χ4v) is 1.23. The largest absolute Gasteiger partial charge is 0.330 e. The van der Waals surface area contributed by atoms with E-state index in [9.17, 15) is 0 Å². The summed E-state index contributed by atoms with van der Waals surface area (Å²) in [6.07, 6.45) is 1.11. The summed E-state index contributed by atoms with van der Waals surface area (Å²) in [4.78, 5) is 0. The molecule has 0 aliphatic carbocycles. The lowest BCUT2D eigenvalue weighted by atomic mass is 10.1. The van der Waals surface area contributed by atoms with Gasteiger partial charge in [-0.05, 0) is 25.4 Å². The molecule has 3 N–H and O–H groups in total. The second kappa shape index (κ2) is 4.66. The molecule has 3 nitrogen and oxygen atoms in total. The van der Waals surface area contributed by atoms with Crippen LogP contribution in [0.15, 0.2) is 0 Å². The topological polar surface area (TPSA) is 52.2 Å². The fraction of sp³-hybridized carbons (Fsp3) is 1.00. The van der Waals surface area contributed by atoms with Crippen molar-refractivity contribution in [1.29, 1.82) is 0 Å². The Morgan fingerprint density at radius 1 is 1.60 bits per heavy atom. The van der Waals surface area contributed by atoms with Gasteiger partial charge in [0.1, 0.15) is 0 Å². The molecule has 10 heavy (non-hydrogen) atoms. The molecule has 0 aromatic rings. The molecule has 1 aliphatic rings. The van der Waals surface area contributed by atoms with E-state index in [4.69, 9.17) is 5.73 Å².